The minimum atomic E-state index is -0.846. The number of nitrogens with zero attached hydrogens (tertiary/aromatic N) is 2. The van der Waals surface area contributed by atoms with E-state index in [0.717, 1.165) is 43.0 Å². The molecule has 3 aromatic carbocycles. The Balaban J connectivity index is 1.28. The molecule has 0 spiro atoms. The molecular formula is C34H45N3O7. The third-order valence-corrected chi connectivity index (χ3v) is 7.56. The smallest absolute Gasteiger partial charge is 0.238 e. The molecule has 2 atom stereocenters. The van der Waals surface area contributed by atoms with E-state index in [9.17, 15) is 9.90 Å². The summed E-state index contributed by atoms with van der Waals surface area (Å²) in [5.41, 5.74) is 3.00. The van der Waals surface area contributed by atoms with Gasteiger partial charge in [0.25, 0.3) is 0 Å². The van der Waals surface area contributed by atoms with Crippen molar-refractivity contribution in [2.45, 2.75) is 26.1 Å². The van der Waals surface area contributed by atoms with E-state index in [1.54, 1.807) is 26.4 Å². The van der Waals surface area contributed by atoms with Crippen LogP contribution in [0.4, 0.5) is 5.69 Å². The largest absolute Gasteiger partial charge is 0.493 e. The third kappa shape index (κ3) is 9.85. The molecule has 1 aliphatic rings. The van der Waals surface area contributed by atoms with Crippen molar-refractivity contribution in [2.75, 3.05) is 78.6 Å². The van der Waals surface area contributed by atoms with Gasteiger partial charge in [0, 0.05) is 38.4 Å². The number of nitrogens with one attached hydrogen (secondary N) is 1. The van der Waals surface area contributed by atoms with Crippen molar-refractivity contribution < 1.29 is 33.6 Å². The quantitative estimate of drug-likeness (QED) is 0.252. The standard InChI is InChI=1S/C34H45N3O7/c1-25-10-9-11-26(2)34(25)35-33(39)21-37-18-16-36(17-19-37)20-28(24-44-32-15-8-6-13-30(32)41-4)42-22-27(38)23-43-31-14-7-5-12-29(31)40-3/h5-15,27-28,38H,16-24H2,1-4H3,(H,35,39). The summed E-state index contributed by atoms with van der Waals surface area (Å²) in [4.78, 5) is 17.3. The number of anilines is 1. The van der Waals surface area contributed by atoms with Crippen molar-refractivity contribution in [3.8, 4) is 23.0 Å². The van der Waals surface area contributed by atoms with Gasteiger partial charge in [-0.2, -0.15) is 0 Å². The molecule has 2 unspecified atom stereocenters. The number of aliphatic hydroxyl groups excluding tert-OH is 1. The zero-order valence-corrected chi connectivity index (χ0v) is 26.2. The Hall–Kier alpha value is -3.83. The molecule has 3 aromatic rings. The van der Waals surface area contributed by atoms with E-state index in [0.29, 0.717) is 36.1 Å². The third-order valence-electron chi connectivity index (χ3n) is 7.56. The summed E-state index contributed by atoms with van der Waals surface area (Å²) >= 11 is 0. The molecule has 2 N–H and O–H groups in total. The van der Waals surface area contributed by atoms with Gasteiger partial charge in [0.05, 0.1) is 27.4 Å². The van der Waals surface area contributed by atoms with Gasteiger partial charge in [-0.15, -0.1) is 0 Å². The predicted molar refractivity (Wildman–Crippen MR) is 170 cm³/mol. The van der Waals surface area contributed by atoms with Crippen molar-refractivity contribution in [3.63, 3.8) is 0 Å². The average Bonchev–Trinajstić information content (AvgIpc) is 3.04. The molecule has 1 fully saturated rings. The summed E-state index contributed by atoms with van der Waals surface area (Å²) in [5.74, 6) is 2.43. The highest BCUT2D eigenvalue weighted by Crippen LogP contribution is 2.27. The summed E-state index contributed by atoms with van der Waals surface area (Å²) in [7, 11) is 3.19. The number of amides is 1. The molecule has 0 bridgehead atoms. The predicted octanol–water partition coefficient (Wildman–Crippen LogP) is 3.78. The first-order valence-corrected chi connectivity index (χ1v) is 15.0. The first-order chi connectivity index (χ1) is 21.4. The summed E-state index contributed by atoms with van der Waals surface area (Å²) in [6.45, 7) is 8.46. The molecule has 0 radical (unpaired) electrons. The Kier molecular flexibility index (Phi) is 12.7. The topological polar surface area (TPSA) is 102 Å². The number of carbonyl (C=O) groups is 1. The van der Waals surface area contributed by atoms with Crippen molar-refractivity contribution in [3.05, 3.63) is 77.9 Å². The second-order valence-electron chi connectivity index (χ2n) is 10.9. The van der Waals surface area contributed by atoms with Crippen LogP contribution in [0.3, 0.4) is 0 Å². The van der Waals surface area contributed by atoms with Gasteiger partial charge >= 0.3 is 0 Å². The lowest BCUT2D eigenvalue weighted by atomic mass is 10.1. The van der Waals surface area contributed by atoms with Crippen LogP contribution in [-0.2, 0) is 9.53 Å². The first kappa shape index (κ1) is 33.1. The van der Waals surface area contributed by atoms with E-state index < -0.39 is 6.10 Å². The first-order valence-electron chi connectivity index (χ1n) is 15.0. The van der Waals surface area contributed by atoms with Crippen LogP contribution in [-0.4, -0.2) is 106 Å². The van der Waals surface area contributed by atoms with E-state index >= 15 is 0 Å². The van der Waals surface area contributed by atoms with Gasteiger partial charge in [0.1, 0.15) is 25.4 Å². The second-order valence-corrected chi connectivity index (χ2v) is 10.9. The summed E-state index contributed by atoms with van der Waals surface area (Å²) < 4.78 is 28.8. The molecule has 1 amide bonds. The lowest BCUT2D eigenvalue weighted by Gasteiger charge is -2.36. The van der Waals surface area contributed by atoms with Gasteiger partial charge < -0.3 is 34.1 Å². The van der Waals surface area contributed by atoms with Crippen LogP contribution < -0.4 is 24.3 Å². The number of aliphatic hydroxyl groups is 1. The van der Waals surface area contributed by atoms with Crippen molar-refractivity contribution in [1.29, 1.82) is 0 Å². The lowest BCUT2D eigenvalue weighted by molar-refractivity contribution is -0.117. The highest BCUT2D eigenvalue weighted by molar-refractivity contribution is 5.93. The number of piperazine rings is 1. The Labute approximate surface area is 260 Å². The van der Waals surface area contributed by atoms with Crippen LogP contribution in [0.5, 0.6) is 23.0 Å². The van der Waals surface area contributed by atoms with E-state index in [2.05, 4.69) is 15.1 Å². The number of para-hydroxylation sites is 5. The number of carbonyl (C=O) groups excluding carboxylic acids is 1. The summed E-state index contributed by atoms with van der Waals surface area (Å²) in [6.07, 6.45) is -1.17. The van der Waals surface area contributed by atoms with Gasteiger partial charge in [-0.3, -0.25) is 14.6 Å². The number of benzene rings is 3. The van der Waals surface area contributed by atoms with Gasteiger partial charge in [0.15, 0.2) is 23.0 Å². The molecule has 44 heavy (non-hydrogen) atoms. The van der Waals surface area contributed by atoms with Crippen molar-refractivity contribution in [1.82, 2.24) is 9.80 Å². The number of hydrogen-bond acceptors (Lipinski definition) is 9. The van der Waals surface area contributed by atoms with Crippen LogP contribution >= 0.6 is 0 Å². The van der Waals surface area contributed by atoms with Gasteiger partial charge in [-0.25, -0.2) is 0 Å². The number of methoxy groups -OCH3 is 2. The molecule has 10 heteroatoms. The summed E-state index contributed by atoms with van der Waals surface area (Å²) in [6, 6.07) is 20.8. The summed E-state index contributed by atoms with van der Waals surface area (Å²) in [5, 5.41) is 13.7. The zero-order chi connectivity index (χ0) is 31.3. The highest BCUT2D eigenvalue weighted by atomic mass is 16.6. The minimum Gasteiger partial charge on any atom is -0.493 e. The average molecular weight is 608 g/mol. The number of aryl methyl sites for hydroxylation is 2. The van der Waals surface area contributed by atoms with E-state index in [1.807, 2.05) is 68.4 Å². The van der Waals surface area contributed by atoms with Crippen LogP contribution in [0.1, 0.15) is 11.1 Å². The Morgan fingerprint density at radius 3 is 1.84 bits per heavy atom. The number of rotatable bonds is 16. The SMILES string of the molecule is COc1ccccc1OCC(O)COC(COc1ccccc1OC)CN1CCN(CC(=O)Nc2c(C)cccc2C)CC1. The Morgan fingerprint density at radius 2 is 1.27 bits per heavy atom. The number of hydrogen-bond donors (Lipinski definition) is 2. The van der Waals surface area contributed by atoms with E-state index in [1.165, 1.54) is 0 Å². The minimum absolute atomic E-state index is 0.00778. The molecular weight excluding hydrogens is 562 g/mol. The molecule has 0 aliphatic carbocycles. The molecule has 1 heterocycles. The van der Waals surface area contributed by atoms with Gasteiger partial charge in [-0.05, 0) is 49.2 Å². The van der Waals surface area contributed by atoms with Crippen LogP contribution in [0.15, 0.2) is 66.7 Å². The second kappa shape index (κ2) is 16.9. The maximum Gasteiger partial charge on any atom is 0.238 e. The van der Waals surface area contributed by atoms with Crippen LogP contribution in [0, 0.1) is 13.8 Å². The maximum absolute atomic E-state index is 12.8. The Bertz CT molecular complexity index is 1310. The van der Waals surface area contributed by atoms with E-state index in [4.69, 9.17) is 23.7 Å². The molecule has 4 rings (SSSR count). The van der Waals surface area contributed by atoms with E-state index in [-0.39, 0.29) is 31.8 Å². The highest BCUT2D eigenvalue weighted by Gasteiger charge is 2.24. The molecule has 0 saturated carbocycles. The fourth-order valence-electron chi connectivity index (χ4n) is 5.11. The van der Waals surface area contributed by atoms with Crippen molar-refractivity contribution >= 4 is 11.6 Å². The van der Waals surface area contributed by atoms with Gasteiger partial charge in [-0.1, -0.05) is 42.5 Å². The van der Waals surface area contributed by atoms with Gasteiger partial charge in [0.2, 0.25) is 5.91 Å². The monoisotopic (exact) mass is 607 g/mol. The normalized spacial score (nSPS) is 15.3. The molecule has 238 valence electrons. The zero-order valence-electron chi connectivity index (χ0n) is 26.2. The molecule has 10 nitrogen and oxygen atoms in total. The molecule has 1 saturated heterocycles. The van der Waals surface area contributed by atoms with Crippen LogP contribution in [0.2, 0.25) is 0 Å². The number of ether oxygens (including phenoxy) is 5. The molecule has 1 aliphatic heterocycles. The maximum atomic E-state index is 12.8. The fourth-order valence-corrected chi connectivity index (χ4v) is 5.11. The van der Waals surface area contributed by atoms with Crippen molar-refractivity contribution in [2.24, 2.45) is 0 Å². The lowest BCUT2D eigenvalue weighted by Crippen LogP contribution is -2.51. The molecule has 0 aromatic heterocycles. The fraction of sp³-hybridized carbons (Fsp3) is 0.441. The van der Waals surface area contributed by atoms with Crippen LogP contribution in [0.25, 0.3) is 0 Å². The Morgan fingerprint density at radius 1 is 0.750 bits per heavy atom.